The van der Waals surface area contributed by atoms with Crippen molar-refractivity contribution in [3.8, 4) is 0 Å². The third kappa shape index (κ3) is 8.99. The van der Waals surface area contributed by atoms with Crippen LogP contribution in [-0.2, 0) is 4.84 Å². The van der Waals surface area contributed by atoms with Gasteiger partial charge in [-0.1, -0.05) is 76.8 Å². The van der Waals surface area contributed by atoms with Gasteiger partial charge >= 0.3 is 11.9 Å². The van der Waals surface area contributed by atoms with Gasteiger partial charge in [0.1, 0.15) is 0 Å². The molecule has 0 amide bonds. The topological polar surface area (TPSA) is 66.8 Å². The molecule has 5 heteroatoms. The Morgan fingerprint density at radius 2 is 1.38 bits per heavy atom. The largest absolute Gasteiger partial charge is 0.478 e. The SMILES string of the molecule is CCCCCCCCCCCCN(C)OC(=O)c1ccccc1C(=O)O. The Kier molecular flexibility index (Phi) is 11.4. The minimum absolute atomic E-state index is 0.0372. The summed E-state index contributed by atoms with van der Waals surface area (Å²) in [6.45, 7) is 2.89. The lowest BCUT2D eigenvalue weighted by molar-refractivity contribution is -0.0909. The van der Waals surface area contributed by atoms with Crippen molar-refractivity contribution in [2.75, 3.05) is 13.6 Å². The number of nitrogens with zero attached hydrogens (tertiary/aromatic N) is 1. The number of hydrogen-bond acceptors (Lipinski definition) is 4. The molecule has 0 radical (unpaired) electrons. The van der Waals surface area contributed by atoms with Crippen molar-refractivity contribution in [2.45, 2.75) is 71.1 Å². The maximum Gasteiger partial charge on any atom is 0.357 e. The average molecular weight is 363 g/mol. The number of aromatic carboxylic acids is 1. The molecule has 0 unspecified atom stereocenters. The monoisotopic (exact) mass is 363 g/mol. The van der Waals surface area contributed by atoms with Crippen LogP contribution in [0.5, 0.6) is 0 Å². The van der Waals surface area contributed by atoms with Gasteiger partial charge in [-0.2, -0.15) is 0 Å². The number of unbranched alkanes of at least 4 members (excludes halogenated alkanes) is 9. The molecule has 0 aromatic heterocycles. The minimum Gasteiger partial charge on any atom is -0.478 e. The lowest BCUT2D eigenvalue weighted by atomic mass is 10.1. The van der Waals surface area contributed by atoms with Crippen LogP contribution in [0.25, 0.3) is 0 Å². The van der Waals surface area contributed by atoms with Crippen LogP contribution in [0.3, 0.4) is 0 Å². The summed E-state index contributed by atoms with van der Waals surface area (Å²) in [5.41, 5.74) is 0.0414. The van der Waals surface area contributed by atoms with Crippen LogP contribution in [0.1, 0.15) is 91.8 Å². The summed E-state index contributed by atoms with van der Waals surface area (Å²) in [7, 11) is 1.70. The predicted molar refractivity (Wildman–Crippen MR) is 103 cm³/mol. The zero-order valence-electron chi connectivity index (χ0n) is 16.2. The lowest BCUT2D eigenvalue weighted by Crippen LogP contribution is -2.25. The van der Waals surface area contributed by atoms with E-state index in [-0.39, 0.29) is 11.1 Å². The first-order valence-corrected chi connectivity index (χ1v) is 9.82. The molecule has 26 heavy (non-hydrogen) atoms. The molecular weight excluding hydrogens is 330 g/mol. The molecule has 5 nitrogen and oxygen atoms in total. The quantitative estimate of drug-likeness (QED) is 0.358. The van der Waals surface area contributed by atoms with Gasteiger partial charge in [-0.15, -0.1) is 5.06 Å². The van der Waals surface area contributed by atoms with Crippen LogP contribution in [0.15, 0.2) is 24.3 Å². The minimum atomic E-state index is -1.13. The number of hydrogen-bond donors (Lipinski definition) is 1. The number of carboxylic acid groups (broad SMARTS) is 1. The highest BCUT2D eigenvalue weighted by Crippen LogP contribution is 2.13. The summed E-state index contributed by atoms with van der Waals surface area (Å²) in [6.07, 6.45) is 12.5. The highest BCUT2D eigenvalue weighted by atomic mass is 16.7. The van der Waals surface area contributed by atoms with Crippen LogP contribution in [-0.4, -0.2) is 35.7 Å². The van der Waals surface area contributed by atoms with Crippen molar-refractivity contribution < 1.29 is 19.5 Å². The second kappa shape index (κ2) is 13.3. The van der Waals surface area contributed by atoms with Gasteiger partial charge in [0.2, 0.25) is 0 Å². The average Bonchev–Trinajstić information content (AvgIpc) is 2.63. The van der Waals surface area contributed by atoms with E-state index in [1.165, 1.54) is 68.6 Å². The Morgan fingerprint density at radius 1 is 0.885 bits per heavy atom. The Labute approximate surface area is 157 Å². The molecule has 1 rings (SSSR count). The predicted octanol–water partition coefficient (Wildman–Crippen LogP) is 5.31. The van der Waals surface area contributed by atoms with E-state index < -0.39 is 11.9 Å². The van der Waals surface area contributed by atoms with Gasteiger partial charge in [0.15, 0.2) is 0 Å². The van der Waals surface area contributed by atoms with E-state index in [0.717, 1.165) is 12.8 Å². The summed E-state index contributed by atoms with van der Waals surface area (Å²) in [5.74, 6) is -1.76. The molecule has 0 spiro atoms. The van der Waals surface area contributed by atoms with Crippen molar-refractivity contribution in [3.05, 3.63) is 35.4 Å². The summed E-state index contributed by atoms with van der Waals surface area (Å²) in [6, 6.07) is 6.10. The van der Waals surface area contributed by atoms with Crippen LogP contribution in [0.4, 0.5) is 0 Å². The number of carboxylic acids is 1. The molecule has 0 bridgehead atoms. The van der Waals surface area contributed by atoms with Crippen LogP contribution in [0, 0.1) is 0 Å². The first kappa shape index (κ1) is 22.2. The van der Waals surface area contributed by atoms with Gasteiger partial charge in [0, 0.05) is 13.6 Å². The van der Waals surface area contributed by atoms with E-state index in [0.29, 0.717) is 6.54 Å². The lowest BCUT2D eigenvalue weighted by Gasteiger charge is -2.16. The third-order valence-electron chi connectivity index (χ3n) is 4.44. The first-order valence-electron chi connectivity index (χ1n) is 9.82. The normalized spacial score (nSPS) is 10.9. The number of carbonyl (C=O) groups excluding carboxylic acids is 1. The smallest absolute Gasteiger partial charge is 0.357 e. The molecule has 0 saturated heterocycles. The Morgan fingerprint density at radius 3 is 1.92 bits per heavy atom. The second-order valence-corrected chi connectivity index (χ2v) is 6.76. The third-order valence-corrected chi connectivity index (χ3v) is 4.44. The maximum atomic E-state index is 12.1. The molecule has 0 saturated carbocycles. The molecule has 0 aliphatic rings. The molecule has 0 atom stereocenters. The van der Waals surface area contributed by atoms with E-state index in [1.54, 1.807) is 19.2 Å². The van der Waals surface area contributed by atoms with Gasteiger partial charge in [0.25, 0.3) is 0 Å². The second-order valence-electron chi connectivity index (χ2n) is 6.76. The molecule has 0 aliphatic carbocycles. The fourth-order valence-corrected chi connectivity index (χ4v) is 2.91. The zero-order chi connectivity index (χ0) is 19.2. The van der Waals surface area contributed by atoms with Crippen molar-refractivity contribution in [1.29, 1.82) is 0 Å². The fourth-order valence-electron chi connectivity index (χ4n) is 2.91. The van der Waals surface area contributed by atoms with E-state index in [2.05, 4.69) is 6.92 Å². The fraction of sp³-hybridized carbons (Fsp3) is 0.619. The van der Waals surface area contributed by atoms with E-state index in [9.17, 15) is 9.59 Å². The Balaban J connectivity index is 2.16. The van der Waals surface area contributed by atoms with Crippen molar-refractivity contribution >= 4 is 11.9 Å². The van der Waals surface area contributed by atoms with E-state index >= 15 is 0 Å². The van der Waals surface area contributed by atoms with Crippen LogP contribution in [0.2, 0.25) is 0 Å². The summed E-state index contributed by atoms with van der Waals surface area (Å²) in [5, 5.41) is 10.6. The van der Waals surface area contributed by atoms with Crippen molar-refractivity contribution in [2.24, 2.45) is 0 Å². The summed E-state index contributed by atoms with van der Waals surface area (Å²) < 4.78 is 0. The van der Waals surface area contributed by atoms with Gasteiger partial charge in [-0.3, -0.25) is 0 Å². The Bertz CT molecular complexity index is 545. The number of hydroxylamine groups is 2. The van der Waals surface area contributed by atoms with Crippen LogP contribution >= 0.6 is 0 Å². The van der Waals surface area contributed by atoms with Crippen molar-refractivity contribution in [1.82, 2.24) is 5.06 Å². The van der Waals surface area contributed by atoms with E-state index in [1.807, 2.05) is 0 Å². The first-order chi connectivity index (χ1) is 12.6. The van der Waals surface area contributed by atoms with Gasteiger partial charge < -0.3 is 9.94 Å². The molecular formula is C21H33NO4. The van der Waals surface area contributed by atoms with Gasteiger partial charge in [-0.25, -0.2) is 9.59 Å². The molecule has 1 N–H and O–H groups in total. The standard InChI is InChI=1S/C21H33NO4/c1-3-4-5-6-7-8-9-10-11-14-17-22(2)26-21(25)19-16-13-12-15-18(19)20(23)24/h12-13,15-16H,3-11,14,17H2,1-2H3,(H,23,24). The van der Waals surface area contributed by atoms with Gasteiger partial charge in [-0.05, 0) is 18.6 Å². The Hall–Kier alpha value is -1.88. The molecule has 0 aliphatic heterocycles. The highest BCUT2D eigenvalue weighted by Gasteiger charge is 2.18. The maximum absolute atomic E-state index is 12.1. The highest BCUT2D eigenvalue weighted by molar-refractivity contribution is 6.02. The molecule has 1 aromatic carbocycles. The summed E-state index contributed by atoms with van der Waals surface area (Å²) in [4.78, 5) is 28.5. The number of carbonyl (C=O) groups is 2. The van der Waals surface area contributed by atoms with Gasteiger partial charge in [0.05, 0.1) is 11.1 Å². The van der Waals surface area contributed by atoms with E-state index in [4.69, 9.17) is 9.94 Å². The number of rotatable bonds is 14. The summed E-state index contributed by atoms with van der Waals surface area (Å²) >= 11 is 0. The molecule has 146 valence electrons. The number of benzene rings is 1. The molecule has 0 heterocycles. The molecule has 1 aromatic rings. The molecule has 0 fully saturated rings. The van der Waals surface area contributed by atoms with Crippen molar-refractivity contribution in [3.63, 3.8) is 0 Å². The zero-order valence-corrected chi connectivity index (χ0v) is 16.2. The van der Waals surface area contributed by atoms with Crippen LogP contribution < -0.4 is 0 Å².